The normalized spacial score (nSPS) is 26.7. The van der Waals surface area contributed by atoms with Crippen molar-refractivity contribution in [1.29, 1.82) is 0 Å². The highest BCUT2D eigenvalue weighted by atomic mass is 19.4. The fourth-order valence-corrected chi connectivity index (χ4v) is 4.66. The minimum absolute atomic E-state index is 0.0350. The van der Waals surface area contributed by atoms with E-state index in [0.717, 1.165) is 11.0 Å². The van der Waals surface area contributed by atoms with Crippen LogP contribution >= 0.6 is 0 Å². The van der Waals surface area contributed by atoms with E-state index in [-0.39, 0.29) is 28.9 Å². The molecule has 15 heteroatoms. The van der Waals surface area contributed by atoms with E-state index in [9.17, 15) is 48.0 Å². The average Bonchev–Trinajstić information content (AvgIpc) is 3.32. The van der Waals surface area contributed by atoms with Crippen molar-refractivity contribution < 1.29 is 57.4 Å². The number of aliphatic hydroxyl groups is 4. The Kier molecular flexibility index (Phi) is 7.48. The zero-order chi connectivity index (χ0) is 29.6. The number of nitrogens with zero attached hydrogens (tertiary/aromatic N) is 1. The standard InChI is InChI=1S/C26H23F3N2O10/c27-26(28,29)16-4-2-1-3-14(16)17-7-11-5-6-12(8-15(11)22(35)30-17)31-9-13(40-25(31)38)10-39-24(37)21-19(33)18(32)20(34)23(36)41-21/h1-8,13,18-21,23,32-34,36H,9-10H2,(H,30,35)/t13?,18-,19+,20+,21-,23-/m0/s1. The van der Waals surface area contributed by atoms with Crippen molar-refractivity contribution in [2.75, 3.05) is 18.1 Å². The van der Waals surface area contributed by atoms with Crippen molar-refractivity contribution >= 4 is 28.5 Å². The molecule has 5 N–H and O–H groups in total. The van der Waals surface area contributed by atoms with Gasteiger partial charge in [-0.2, -0.15) is 13.2 Å². The lowest BCUT2D eigenvalue weighted by molar-refractivity contribution is -0.281. The first-order valence-corrected chi connectivity index (χ1v) is 12.2. The molecule has 218 valence electrons. The van der Waals surface area contributed by atoms with E-state index >= 15 is 0 Å². The number of carbonyl (C=O) groups is 2. The molecule has 2 fully saturated rings. The number of alkyl halides is 3. The Balaban J connectivity index is 1.30. The van der Waals surface area contributed by atoms with Crippen LogP contribution in [-0.2, 0) is 25.2 Å². The lowest BCUT2D eigenvalue weighted by atomic mass is 9.99. The van der Waals surface area contributed by atoms with Crippen molar-refractivity contribution in [1.82, 2.24) is 4.98 Å². The number of aliphatic hydroxyl groups excluding tert-OH is 4. The molecule has 0 radical (unpaired) electrons. The summed E-state index contributed by atoms with van der Waals surface area (Å²) in [4.78, 5) is 41.3. The van der Waals surface area contributed by atoms with E-state index in [2.05, 4.69) is 4.98 Å². The van der Waals surface area contributed by atoms with E-state index in [1.807, 2.05) is 0 Å². The van der Waals surface area contributed by atoms with Crippen molar-refractivity contribution in [3.63, 3.8) is 0 Å². The van der Waals surface area contributed by atoms with Crippen molar-refractivity contribution in [2.45, 2.75) is 43.0 Å². The highest BCUT2D eigenvalue weighted by molar-refractivity contribution is 5.95. The molecule has 12 nitrogen and oxygen atoms in total. The predicted octanol–water partition coefficient (Wildman–Crippen LogP) is 0.882. The number of amides is 1. The zero-order valence-electron chi connectivity index (χ0n) is 20.8. The number of esters is 1. The number of nitrogens with one attached hydrogen (secondary N) is 1. The van der Waals surface area contributed by atoms with E-state index in [1.165, 1.54) is 42.5 Å². The Morgan fingerprint density at radius 1 is 1.02 bits per heavy atom. The van der Waals surface area contributed by atoms with Crippen LogP contribution in [0.4, 0.5) is 23.7 Å². The molecule has 2 aliphatic heterocycles. The molecule has 2 aliphatic rings. The number of rotatable bonds is 5. The first-order chi connectivity index (χ1) is 19.3. The van der Waals surface area contributed by atoms with Gasteiger partial charge >= 0.3 is 18.2 Å². The Morgan fingerprint density at radius 2 is 1.76 bits per heavy atom. The van der Waals surface area contributed by atoms with Gasteiger partial charge in [-0.1, -0.05) is 24.3 Å². The van der Waals surface area contributed by atoms with Crippen LogP contribution in [-0.4, -0.2) is 87.4 Å². The molecule has 5 rings (SSSR count). The van der Waals surface area contributed by atoms with Crippen LogP contribution in [0.15, 0.2) is 53.3 Å². The number of H-pyrrole nitrogens is 1. The molecule has 1 unspecified atom stereocenters. The van der Waals surface area contributed by atoms with E-state index < -0.39 is 72.8 Å². The molecule has 0 bridgehead atoms. The number of ether oxygens (including phenoxy) is 3. The summed E-state index contributed by atoms with van der Waals surface area (Å²) in [5.74, 6) is -1.18. The van der Waals surface area contributed by atoms with Crippen molar-refractivity contribution in [2.24, 2.45) is 0 Å². The number of pyridine rings is 1. The molecule has 1 amide bonds. The summed E-state index contributed by atoms with van der Waals surface area (Å²) in [6, 6.07) is 10.5. The average molecular weight is 580 g/mol. The number of hydrogen-bond donors (Lipinski definition) is 5. The lowest BCUT2D eigenvalue weighted by Gasteiger charge is -2.36. The number of benzene rings is 2. The van der Waals surface area contributed by atoms with Crippen LogP contribution in [0.1, 0.15) is 5.56 Å². The molecule has 3 aromatic rings. The molecule has 6 atom stereocenters. The Labute approximate surface area is 228 Å². The van der Waals surface area contributed by atoms with Gasteiger partial charge in [-0.3, -0.25) is 9.69 Å². The van der Waals surface area contributed by atoms with Gasteiger partial charge in [0.05, 0.1) is 12.1 Å². The van der Waals surface area contributed by atoms with Crippen LogP contribution in [0.2, 0.25) is 0 Å². The monoisotopic (exact) mass is 580 g/mol. The molecule has 3 heterocycles. The summed E-state index contributed by atoms with van der Waals surface area (Å²) in [5, 5.41) is 39.2. The number of aromatic nitrogens is 1. The van der Waals surface area contributed by atoms with Crippen LogP contribution in [0.5, 0.6) is 0 Å². The molecule has 0 spiro atoms. The summed E-state index contributed by atoms with van der Waals surface area (Å²) in [6.07, 6.45) is -15.8. The minimum Gasteiger partial charge on any atom is -0.460 e. The molecular formula is C26H23F3N2O10. The van der Waals surface area contributed by atoms with Gasteiger partial charge in [0, 0.05) is 22.3 Å². The van der Waals surface area contributed by atoms with Gasteiger partial charge in [0.1, 0.15) is 24.9 Å². The lowest BCUT2D eigenvalue weighted by Crippen LogP contribution is -2.60. The highest BCUT2D eigenvalue weighted by Gasteiger charge is 2.47. The molecule has 0 saturated carbocycles. The Hall–Kier alpha value is -4.02. The van der Waals surface area contributed by atoms with Crippen LogP contribution < -0.4 is 10.5 Å². The second kappa shape index (κ2) is 10.8. The predicted molar refractivity (Wildman–Crippen MR) is 132 cm³/mol. The van der Waals surface area contributed by atoms with Gasteiger partial charge in [-0.05, 0) is 29.7 Å². The van der Waals surface area contributed by atoms with Gasteiger partial charge in [0.15, 0.2) is 18.5 Å². The van der Waals surface area contributed by atoms with Crippen LogP contribution in [0, 0.1) is 0 Å². The number of halogens is 3. The fraction of sp³-hybridized carbons (Fsp3) is 0.346. The maximum absolute atomic E-state index is 13.5. The van der Waals surface area contributed by atoms with E-state index in [4.69, 9.17) is 14.2 Å². The number of hydrogen-bond acceptors (Lipinski definition) is 10. The van der Waals surface area contributed by atoms with Gasteiger partial charge in [-0.25, -0.2) is 9.59 Å². The largest absolute Gasteiger partial charge is 0.460 e. The van der Waals surface area contributed by atoms with E-state index in [0.29, 0.717) is 5.39 Å². The Morgan fingerprint density at radius 3 is 2.49 bits per heavy atom. The molecule has 0 aliphatic carbocycles. The second-order valence-corrected chi connectivity index (χ2v) is 9.49. The number of fused-ring (bicyclic) bond motifs is 1. The third-order valence-electron chi connectivity index (χ3n) is 6.77. The number of aromatic amines is 1. The van der Waals surface area contributed by atoms with Crippen LogP contribution in [0.25, 0.3) is 22.0 Å². The van der Waals surface area contributed by atoms with E-state index in [1.54, 1.807) is 0 Å². The van der Waals surface area contributed by atoms with Gasteiger partial charge in [0.25, 0.3) is 5.56 Å². The van der Waals surface area contributed by atoms with Gasteiger partial charge < -0.3 is 39.6 Å². The number of anilines is 1. The van der Waals surface area contributed by atoms with Gasteiger partial charge in [0.2, 0.25) is 0 Å². The maximum Gasteiger partial charge on any atom is 0.417 e. The minimum atomic E-state index is -4.64. The number of cyclic esters (lactones) is 1. The third kappa shape index (κ3) is 5.49. The molecule has 41 heavy (non-hydrogen) atoms. The SMILES string of the molecule is O=C(OCC1CN(c2ccc3cc(-c4ccccc4C(F)(F)F)[nH]c(=O)c3c2)C(=O)O1)[C@H]1O[C@H](O)[C@H](O)[C@@H](O)[C@H]1O. The quantitative estimate of drug-likeness (QED) is 0.272. The zero-order valence-corrected chi connectivity index (χ0v) is 20.8. The molecular weight excluding hydrogens is 557 g/mol. The number of carbonyl (C=O) groups excluding carboxylic acids is 2. The smallest absolute Gasteiger partial charge is 0.417 e. The molecule has 2 saturated heterocycles. The fourth-order valence-electron chi connectivity index (χ4n) is 4.66. The summed E-state index contributed by atoms with van der Waals surface area (Å²) < 4.78 is 55.4. The summed E-state index contributed by atoms with van der Waals surface area (Å²) >= 11 is 0. The first-order valence-electron chi connectivity index (χ1n) is 12.2. The Bertz CT molecular complexity index is 1540. The topological polar surface area (TPSA) is 179 Å². The van der Waals surface area contributed by atoms with Gasteiger partial charge in [-0.15, -0.1) is 0 Å². The molecule has 2 aromatic carbocycles. The highest BCUT2D eigenvalue weighted by Crippen LogP contribution is 2.37. The summed E-state index contributed by atoms with van der Waals surface area (Å²) in [5.41, 5.74) is -1.60. The first kappa shape index (κ1) is 28.5. The van der Waals surface area contributed by atoms with Crippen LogP contribution in [0.3, 0.4) is 0 Å². The summed E-state index contributed by atoms with van der Waals surface area (Å²) in [6.45, 7) is -0.608. The molecule has 1 aromatic heterocycles. The third-order valence-corrected chi connectivity index (χ3v) is 6.77. The second-order valence-electron chi connectivity index (χ2n) is 9.49. The van der Waals surface area contributed by atoms with Crippen molar-refractivity contribution in [3.05, 3.63) is 64.4 Å². The maximum atomic E-state index is 13.5. The van der Waals surface area contributed by atoms with Crippen molar-refractivity contribution in [3.8, 4) is 11.3 Å². The summed E-state index contributed by atoms with van der Waals surface area (Å²) in [7, 11) is 0.